The van der Waals surface area contributed by atoms with Crippen molar-refractivity contribution in [1.82, 2.24) is 4.98 Å². The number of methoxy groups -OCH3 is 1. The first-order chi connectivity index (χ1) is 9.90. The molecule has 0 fully saturated rings. The molecule has 1 heterocycles. The second-order valence-corrected chi connectivity index (χ2v) is 5.00. The summed E-state index contributed by atoms with van der Waals surface area (Å²) in [6.45, 7) is 5.15. The fraction of sp³-hybridized carbons (Fsp3) is 0.533. The van der Waals surface area contributed by atoms with Crippen molar-refractivity contribution in [3.8, 4) is 5.88 Å². The Hall–Kier alpha value is -2.11. The fourth-order valence-corrected chi connectivity index (χ4v) is 2.22. The topological polar surface area (TPSA) is 85.7 Å². The van der Waals surface area contributed by atoms with Gasteiger partial charge in [0.25, 0.3) is 0 Å². The van der Waals surface area contributed by atoms with E-state index < -0.39 is 23.3 Å². The Balaban J connectivity index is 3.30. The molecule has 0 bridgehead atoms. The van der Waals surface area contributed by atoms with Gasteiger partial charge in [-0.05, 0) is 18.9 Å². The standard InChI is InChI=1S/C15H21NO5/c1-5-21-14(19)15(10(2)3,13(17)18)9-11-7-6-8-16-12(11)20-4/h6-8,10H,5,9H2,1-4H3,(H,17,18). The van der Waals surface area contributed by atoms with Gasteiger partial charge in [-0.2, -0.15) is 0 Å². The molecule has 0 saturated carbocycles. The summed E-state index contributed by atoms with van der Waals surface area (Å²) in [5.41, 5.74) is -1.10. The van der Waals surface area contributed by atoms with E-state index in [1.54, 1.807) is 39.1 Å². The molecular weight excluding hydrogens is 274 g/mol. The third kappa shape index (κ3) is 3.32. The maximum atomic E-state index is 12.3. The maximum absolute atomic E-state index is 12.3. The maximum Gasteiger partial charge on any atom is 0.324 e. The van der Waals surface area contributed by atoms with Gasteiger partial charge < -0.3 is 14.6 Å². The van der Waals surface area contributed by atoms with Crippen molar-refractivity contribution in [2.24, 2.45) is 11.3 Å². The van der Waals surface area contributed by atoms with Crippen LogP contribution in [0.1, 0.15) is 26.3 Å². The van der Waals surface area contributed by atoms with Crippen LogP contribution in [0.4, 0.5) is 0 Å². The van der Waals surface area contributed by atoms with Crippen molar-refractivity contribution in [2.45, 2.75) is 27.2 Å². The highest BCUT2D eigenvalue weighted by Gasteiger charge is 2.51. The Morgan fingerprint density at radius 2 is 2.10 bits per heavy atom. The van der Waals surface area contributed by atoms with Gasteiger partial charge in [-0.1, -0.05) is 19.9 Å². The summed E-state index contributed by atoms with van der Waals surface area (Å²) in [5, 5.41) is 9.65. The molecular formula is C15H21NO5. The summed E-state index contributed by atoms with van der Waals surface area (Å²) in [6.07, 6.45) is 1.51. The zero-order chi connectivity index (χ0) is 16.0. The van der Waals surface area contributed by atoms with Gasteiger partial charge >= 0.3 is 11.9 Å². The smallest absolute Gasteiger partial charge is 0.324 e. The van der Waals surface area contributed by atoms with Crippen molar-refractivity contribution in [2.75, 3.05) is 13.7 Å². The first-order valence-corrected chi connectivity index (χ1v) is 6.78. The van der Waals surface area contributed by atoms with Crippen LogP contribution in [0.2, 0.25) is 0 Å². The Morgan fingerprint density at radius 3 is 2.57 bits per heavy atom. The molecule has 0 aromatic carbocycles. The SMILES string of the molecule is CCOC(=O)C(Cc1cccnc1OC)(C(=O)O)C(C)C. The number of nitrogens with zero attached hydrogens (tertiary/aromatic N) is 1. The normalized spacial score (nSPS) is 13.6. The van der Waals surface area contributed by atoms with Crippen LogP contribution in [-0.2, 0) is 20.7 Å². The Labute approximate surface area is 124 Å². The van der Waals surface area contributed by atoms with Gasteiger partial charge in [0.05, 0.1) is 13.7 Å². The predicted molar refractivity (Wildman–Crippen MR) is 76.0 cm³/mol. The highest BCUT2D eigenvalue weighted by atomic mass is 16.5. The minimum atomic E-state index is -1.66. The van der Waals surface area contributed by atoms with E-state index in [4.69, 9.17) is 9.47 Å². The van der Waals surface area contributed by atoms with Crippen LogP contribution in [-0.4, -0.2) is 35.7 Å². The molecule has 0 aliphatic rings. The van der Waals surface area contributed by atoms with Gasteiger partial charge in [0.15, 0.2) is 5.41 Å². The molecule has 1 aromatic heterocycles. The van der Waals surface area contributed by atoms with E-state index in [1.165, 1.54) is 7.11 Å². The van der Waals surface area contributed by atoms with Gasteiger partial charge in [0.2, 0.25) is 5.88 Å². The predicted octanol–water partition coefficient (Wildman–Crippen LogP) is 1.92. The Bertz CT molecular complexity index is 515. The highest BCUT2D eigenvalue weighted by Crippen LogP contribution is 2.36. The number of rotatable bonds is 7. The molecule has 0 aliphatic carbocycles. The molecule has 1 aromatic rings. The molecule has 0 spiro atoms. The van der Waals surface area contributed by atoms with Gasteiger partial charge in [-0.3, -0.25) is 9.59 Å². The second-order valence-electron chi connectivity index (χ2n) is 5.00. The first-order valence-electron chi connectivity index (χ1n) is 6.78. The van der Waals surface area contributed by atoms with Crippen LogP contribution in [0.5, 0.6) is 5.88 Å². The largest absolute Gasteiger partial charge is 0.481 e. The number of esters is 1. The molecule has 116 valence electrons. The molecule has 1 unspecified atom stereocenters. The summed E-state index contributed by atoms with van der Waals surface area (Å²) >= 11 is 0. The highest BCUT2D eigenvalue weighted by molar-refractivity contribution is 5.99. The molecule has 0 saturated heterocycles. The second kappa shape index (κ2) is 7.06. The number of aromatic nitrogens is 1. The number of carboxylic acids is 1. The van der Waals surface area contributed by atoms with Gasteiger partial charge in [0.1, 0.15) is 0 Å². The number of carboxylic acid groups (broad SMARTS) is 1. The monoisotopic (exact) mass is 295 g/mol. The lowest BCUT2D eigenvalue weighted by molar-refractivity contribution is -0.172. The van der Waals surface area contributed by atoms with Crippen molar-refractivity contribution < 1.29 is 24.2 Å². The van der Waals surface area contributed by atoms with E-state index in [0.717, 1.165) is 0 Å². The average Bonchev–Trinajstić information content (AvgIpc) is 2.44. The van der Waals surface area contributed by atoms with E-state index in [1.807, 2.05) is 0 Å². The van der Waals surface area contributed by atoms with E-state index >= 15 is 0 Å². The summed E-state index contributed by atoms with van der Waals surface area (Å²) in [6, 6.07) is 3.38. The van der Waals surface area contributed by atoms with E-state index in [0.29, 0.717) is 11.4 Å². The summed E-state index contributed by atoms with van der Waals surface area (Å²) in [4.78, 5) is 28.1. The van der Waals surface area contributed by atoms with Crippen molar-refractivity contribution >= 4 is 11.9 Å². The molecule has 0 radical (unpaired) electrons. The van der Waals surface area contributed by atoms with Crippen molar-refractivity contribution in [3.63, 3.8) is 0 Å². The zero-order valence-corrected chi connectivity index (χ0v) is 12.8. The molecule has 6 nitrogen and oxygen atoms in total. The summed E-state index contributed by atoms with van der Waals surface area (Å²) < 4.78 is 10.1. The number of hydrogen-bond donors (Lipinski definition) is 1. The minimum absolute atomic E-state index is 0.0319. The molecule has 0 amide bonds. The number of carbonyl (C=O) groups is 2. The Kier molecular flexibility index (Phi) is 5.69. The molecule has 0 aliphatic heterocycles. The number of carbonyl (C=O) groups excluding carboxylic acids is 1. The quantitative estimate of drug-likeness (QED) is 0.611. The third-order valence-electron chi connectivity index (χ3n) is 3.52. The van der Waals surface area contributed by atoms with Gasteiger partial charge in [-0.15, -0.1) is 0 Å². The summed E-state index contributed by atoms with van der Waals surface area (Å²) in [7, 11) is 1.45. The van der Waals surface area contributed by atoms with E-state index in [-0.39, 0.29) is 13.0 Å². The molecule has 1 rings (SSSR count). The van der Waals surface area contributed by atoms with Crippen LogP contribution in [0.15, 0.2) is 18.3 Å². The number of aliphatic carboxylic acids is 1. The number of ether oxygens (including phenoxy) is 2. The number of pyridine rings is 1. The van der Waals surface area contributed by atoms with E-state index in [9.17, 15) is 14.7 Å². The fourth-order valence-electron chi connectivity index (χ4n) is 2.22. The molecule has 21 heavy (non-hydrogen) atoms. The summed E-state index contributed by atoms with van der Waals surface area (Å²) in [5.74, 6) is -2.08. The van der Waals surface area contributed by atoms with Crippen LogP contribution >= 0.6 is 0 Å². The lowest BCUT2D eigenvalue weighted by atomic mass is 9.72. The van der Waals surface area contributed by atoms with Crippen molar-refractivity contribution in [3.05, 3.63) is 23.9 Å². The lowest BCUT2D eigenvalue weighted by Gasteiger charge is -2.31. The van der Waals surface area contributed by atoms with Crippen molar-refractivity contribution in [1.29, 1.82) is 0 Å². The van der Waals surface area contributed by atoms with Gasteiger partial charge in [0, 0.05) is 18.2 Å². The first kappa shape index (κ1) is 16.9. The molecule has 6 heteroatoms. The average molecular weight is 295 g/mol. The third-order valence-corrected chi connectivity index (χ3v) is 3.52. The van der Waals surface area contributed by atoms with E-state index in [2.05, 4.69) is 4.98 Å². The Morgan fingerprint density at radius 1 is 1.43 bits per heavy atom. The lowest BCUT2D eigenvalue weighted by Crippen LogP contribution is -2.47. The van der Waals surface area contributed by atoms with Crippen LogP contribution in [0.25, 0.3) is 0 Å². The van der Waals surface area contributed by atoms with Crippen LogP contribution in [0.3, 0.4) is 0 Å². The van der Waals surface area contributed by atoms with Crippen LogP contribution < -0.4 is 4.74 Å². The number of hydrogen-bond acceptors (Lipinski definition) is 5. The minimum Gasteiger partial charge on any atom is -0.481 e. The molecule has 1 N–H and O–H groups in total. The van der Waals surface area contributed by atoms with Crippen LogP contribution in [0, 0.1) is 11.3 Å². The van der Waals surface area contributed by atoms with Gasteiger partial charge in [-0.25, -0.2) is 4.98 Å². The zero-order valence-electron chi connectivity index (χ0n) is 12.8. The molecule has 1 atom stereocenters.